The molecular weight excluding hydrogens is 216 g/mol. The fourth-order valence-electron chi connectivity index (χ4n) is 1.76. The van der Waals surface area contributed by atoms with E-state index in [-0.39, 0.29) is 5.60 Å². The Bertz CT molecular complexity index is 311. The van der Waals surface area contributed by atoms with Crippen molar-refractivity contribution < 1.29 is 9.16 Å². The van der Waals surface area contributed by atoms with E-state index in [1.54, 1.807) is 0 Å². The van der Waals surface area contributed by atoms with Crippen LogP contribution in [0.25, 0.3) is 0 Å². The number of hydrogen-bond donors (Lipinski definition) is 0. The van der Waals surface area contributed by atoms with Crippen LogP contribution in [0, 0.1) is 11.8 Å². The van der Waals surface area contributed by atoms with Crippen LogP contribution in [0.3, 0.4) is 0 Å². The normalized spacial score (nSPS) is 19.8. The second-order valence-corrected chi connectivity index (χ2v) is 9.78. The van der Waals surface area contributed by atoms with Crippen LogP contribution in [0.5, 0.6) is 0 Å². The van der Waals surface area contributed by atoms with Crippen molar-refractivity contribution in [2.24, 2.45) is 0 Å². The van der Waals surface area contributed by atoms with E-state index in [4.69, 9.17) is 9.16 Å². The Balaban J connectivity index is 2.85. The Labute approximate surface area is 100 Å². The van der Waals surface area contributed by atoms with Crippen LogP contribution in [0.4, 0.5) is 0 Å². The van der Waals surface area contributed by atoms with Crippen LogP contribution in [0.15, 0.2) is 12.2 Å². The van der Waals surface area contributed by atoms with Crippen molar-refractivity contribution >= 4 is 8.32 Å². The van der Waals surface area contributed by atoms with E-state index in [9.17, 15) is 0 Å². The molecule has 1 saturated heterocycles. The van der Waals surface area contributed by atoms with Gasteiger partial charge in [0.1, 0.15) is 5.60 Å². The van der Waals surface area contributed by atoms with Crippen LogP contribution >= 0.6 is 0 Å². The smallest absolute Gasteiger partial charge is 0.185 e. The molecule has 1 aliphatic rings. The van der Waals surface area contributed by atoms with E-state index < -0.39 is 8.32 Å². The van der Waals surface area contributed by atoms with E-state index in [2.05, 4.69) is 38.1 Å². The molecule has 0 spiro atoms. The summed E-state index contributed by atoms with van der Waals surface area (Å²) in [5, 5.41) is 0. The van der Waals surface area contributed by atoms with Gasteiger partial charge in [0.05, 0.1) is 13.2 Å². The van der Waals surface area contributed by atoms with Gasteiger partial charge in [-0.3, -0.25) is 0 Å². The highest BCUT2D eigenvalue weighted by Gasteiger charge is 2.36. The summed E-state index contributed by atoms with van der Waals surface area (Å²) in [4.78, 5) is 0. The van der Waals surface area contributed by atoms with E-state index in [1.807, 2.05) is 6.92 Å². The van der Waals surface area contributed by atoms with Crippen molar-refractivity contribution in [3.05, 3.63) is 12.2 Å². The van der Waals surface area contributed by atoms with Crippen molar-refractivity contribution in [1.82, 2.24) is 0 Å². The minimum absolute atomic E-state index is 0.290. The minimum atomic E-state index is -1.58. The molecule has 0 radical (unpaired) electrons. The predicted molar refractivity (Wildman–Crippen MR) is 69.8 cm³/mol. The third-order valence-electron chi connectivity index (χ3n) is 2.31. The zero-order valence-electron chi connectivity index (χ0n) is 10.9. The second-order valence-electron chi connectivity index (χ2n) is 5.35. The van der Waals surface area contributed by atoms with Gasteiger partial charge in [0.15, 0.2) is 8.32 Å². The first-order valence-electron chi connectivity index (χ1n) is 5.80. The lowest BCUT2D eigenvalue weighted by molar-refractivity contribution is -0.0154. The summed E-state index contributed by atoms with van der Waals surface area (Å²) in [5.41, 5.74) is 0.604. The molecule has 0 atom stereocenters. The third-order valence-corrected chi connectivity index (χ3v) is 3.31. The van der Waals surface area contributed by atoms with Gasteiger partial charge in [-0.25, -0.2) is 0 Å². The average molecular weight is 238 g/mol. The fourth-order valence-corrected chi connectivity index (χ4v) is 3.19. The van der Waals surface area contributed by atoms with Crippen molar-refractivity contribution in [2.45, 2.75) is 45.0 Å². The molecule has 1 fully saturated rings. The van der Waals surface area contributed by atoms with Gasteiger partial charge in [-0.15, -0.1) is 0 Å². The molecule has 0 bridgehead atoms. The maximum Gasteiger partial charge on any atom is 0.185 e. The van der Waals surface area contributed by atoms with Crippen LogP contribution in [-0.4, -0.2) is 27.1 Å². The Morgan fingerprint density at radius 1 is 1.31 bits per heavy atom. The highest BCUT2D eigenvalue weighted by atomic mass is 28.4. The van der Waals surface area contributed by atoms with Crippen molar-refractivity contribution in [1.29, 1.82) is 0 Å². The molecule has 1 rings (SSSR count). The highest BCUT2D eigenvalue weighted by molar-refractivity contribution is 6.69. The van der Waals surface area contributed by atoms with Gasteiger partial charge in [0.25, 0.3) is 0 Å². The number of hydrogen-bond acceptors (Lipinski definition) is 2. The molecule has 0 aromatic carbocycles. The predicted octanol–water partition coefficient (Wildman–Crippen LogP) is 2.97. The number of allylic oxidation sites excluding steroid dienone is 1. The quantitative estimate of drug-likeness (QED) is 0.544. The Morgan fingerprint density at radius 3 is 2.31 bits per heavy atom. The van der Waals surface area contributed by atoms with Crippen LogP contribution < -0.4 is 0 Å². The van der Waals surface area contributed by atoms with E-state index in [1.165, 1.54) is 0 Å². The molecule has 1 heterocycles. The van der Waals surface area contributed by atoms with Crippen LogP contribution in [0.2, 0.25) is 19.6 Å². The van der Waals surface area contributed by atoms with Crippen LogP contribution in [-0.2, 0) is 9.16 Å². The summed E-state index contributed by atoms with van der Waals surface area (Å²) in [7, 11) is -1.58. The van der Waals surface area contributed by atoms with Crippen molar-refractivity contribution in [3.8, 4) is 11.8 Å². The lowest BCUT2D eigenvalue weighted by Crippen LogP contribution is -2.45. The van der Waals surface area contributed by atoms with Gasteiger partial charge in [-0.1, -0.05) is 18.4 Å². The summed E-state index contributed by atoms with van der Waals surface area (Å²) >= 11 is 0. The standard InChI is InChI=1S/C13H22O2Si/c1-12(2)6-7-13(15-16(3,4)5)8-10-14-11-9-13/h1,8-11H2,2-5H3. The summed E-state index contributed by atoms with van der Waals surface area (Å²) in [6, 6.07) is 0. The summed E-state index contributed by atoms with van der Waals surface area (Å²) in [5.74, 6) is 6.35. The molecule has 2 nitrogen and oxygen atoms in total. The van der Waals surface area contributed by atoms with Crippen molar-refractivity contribution in [2.75, 3.05) is 13.2 Å². The monoisotopic (exact) mass is 238 g/mol. The first kappa shape index (κ1) is 13.5. The maximum absolute atomic E-state index is 6.26. The second kappa shape index (κ2) is 5.18. The van der Waals surface area contributed by atoms with Gasteiger partial charge in [0.2, 0.25) is 0 Å². The Hall–Kier alpha value is -0.563. The van der Waals surface area contributed by atoms with E-state index in [0.717, 1.165) is 31.6 Å². The minimum Gasteiger partial charge on any atom is -0.401 e. The lowest BCUT2D eigenvalue weighted by Gasteiger charge is -2.37. The van der Waals surface area contributed by atoms with Crippen LogP contribution in [0.1, 0.15) is 19.8 Å². The van der Waals surface area contributed by atoms with Gasteiger partial charge in [-0.2, -0.15) is 0 Å². The third kappa shape index (κ3) is 4.52. The summed E-state index contributed by atoms with van der Waals surface area (Å²) in [6.07, 6.45) is 1.75. The Morgan fingerprint density at radius 2 is 1.88 bits per heavy atom. The zero-order chi connectivity index (χ0) is 12.2. The van der Waals surface area contributed by atoms with Crippen molar-refractivity contribution in [3.63, 3.8) is 0 Å². The fraction of sp³-hybridized carbons (Fsp3) is 0.692. The topological polar surface area (TPSA) is 18.5 Å². The molecule has 16 heavy (non-hydrogen) atoms. The molecule has 0 saturated carbocycles. The Kier molecular flexibility index (Phi) is 4.37. The first-order valence-corrected chi connectivity index (χ1v) is 9.20. The average Bonchev–Trinajstić information content (AvgIpc) is 2.14. The molecule has 0 amide bonds. The van der Waals surface area contributed by atoms with Gasteiger partial charge >= 0.3 is 0 Å². The molecule has 0 aliphatic carbocycles. The molecule has 0 aromatic heterocycles. The molecule has 90 valence electrons. The molecular formula is C13H22O2Si. The summed E-state index contributed by atoms with van der Waals surface area (Å²) < 4.78 is 11.7. The maximum atomic E-state index is 6.26. The lowest BCUT2D eigenvalue weighted by atomic mass is 9.95. The SMILES string of the molecule is C=C(C)C#CC1(O[Si](C)(C)C)CCOCC1. The molecule has 0 N–H and O–H groups in total. The molecule has 0 unspecified atom stereocenters. The van der Waals surface area contributed by atoms with Gasteiger partial charge in [-0.05, 0) is 32.1 Å². The first-order chi connectivity index (χ1) is 7.33. The van der Waals surface area contributed by atoms with E-state index >= 15 is 0 Å². The molecule has 3 heteroatoms. The molecule has 0 aromatic rings. The largest absolute Gasteiger partial charge is 0.401 e. The van der Waals surface area contributed by atoms with Gasteiger partial charge < -0.3 is 9.16 Å². The number of ether oxygens (including phenoxy) is 1. The highest BCUT2D eigenvalue weighted by Crippen LogP contribution is 2.28. The summed E-state index contributed by atoms with van der Waals surface area (Å²) in [6.45, 7) is 13.8. The zero-order valence-corrected chi connectivity index (χ0v) is 11.9. The van der Waals surface area contributed by atoms with E-state index in [0.29, 0.717) is 0 Å². The van der Waals surface area contributed by atoms with Gasteiger partial charge in [0, 0.05) is 12.8 Å². The number of rotatable bonds is 2. The molecule has 1 aliphatic heterocycles.